The molecule has 1 aliphatic rings. The van der Waals surface area contributed by atoms with Gasteiger partial charge in [0, 0.05) is 17.7 Å². The SMILES string of the molecule is Cc1cc(C)n(C[C@H]2CC(c3ccc(C(F)(F)F)cc3Cl)=NO2)n1. The summed E-state index contributed by atoms with van der Waals surface area (Å²) in [6.07, 6.45) is -4.19. The lowest BCUT2D eigenvalue weighted by Crippen LogP contribution is -2.18. The van der Waals surface area contributed by atoms with Crippen LogP contribution in [0.3, 0.4) is 0 Å². The van der Waals surface area contributed by atoms with Crippen molar-refractivity contribution in [2.45, 2.75) is 39.1 Å². The number of hydrogen-bond donors (Lipinski definition) is 0. The largest absolute Gasteiger partial charge is 0.416 e. The Kier molecular flexibility index (Phi) is 4.29. The molecule has 1 aliphatic heterocycles. The third-order valence-electron chi connectivity index (χ3n) is 3.82. The first-order chi connectivity index (χ1) is 11.2. The predicted octanol–water partition coefficient (Wildman–Crippen LogP) is 4.37. The highest BCUT2D eigenvalue weighted by Crippen LogP contribution is 2.33. The Hall–Kier alpha value is -2.02. The van der Waals surface area contributed by atoms with Crippen LogP contribution in [0.25, 0.3) is 0 Å². The van der Waals surface area contributed by atoms with E-state index in [0.717, 1.165) is 23.5 Å². The molecule has 4 nitrogen and oxygen atoms in total. The molecule has 2 aromatic rings. The molecule has 0 aliphatic carbocycles. The van der Waals surface area contributed by atoms with Gasteiger partial charge in [0.1, 0.15) is 0 Å². The van der Waals surface area contributed by atoms with Crippen LogP contribution in [0, 0.1) is 13.8 Å². The molecule has 3 rings (SSSR count). The van der Waals surface area contributed by atoms with E-state index in [9.17, 15) is 13.2 Å². The highest BCUT2D eigenvalue weighted by atomic mass is 35.5. The van der Waals surface area contributed by atoms with Crippen LogP contribution in [0.2, 0.25) is 5.02 Å². The topological polar surface area (TPSA) is 39.4 Å². The van der Waals surface area contributed by atoms with Gasteiger partial charge in [0.05, 0.1) is 28.5 Å². The van der Waals surface area contributed by atoms with E-state index in [0.29, 0.717) is 24.2 Å². The summed E-state index contributed by atoms with van der Waals surface area (Å²) in [4.78, 5) is 5.39. The van der Waals surface area contributed by atoms with Crippen molar-refractivity contribution in [3.05, 3.63) is 51.8 Å². The molecule has 0 amide bonds. The molecule has 8 heteroatoms. The summed E-state index contributed by atoms with van der Waals surface area (Å²) < 4.78 is 39.9. The second-order valence-electron chi connectivity index (χ2n) is 5.77. The highest BCUT2D eigenvalue weighted by Gasteiger charge is 2.32. The molecule has 1 atom stereocenters. The second kappa shape index (κ2) is 6.12. The summed E-state index contributed by atoms with van der Waals surface area (Å²) in [6, 6.07) is 5.20. The first-order valence-corrected chi connectivity index (χ1v) is 7.72. The standard InChI is InChI=1S/C16H15ClF3N3O/c1-9-5-10(2)23(21-9)8-12-7-15(22-24-12)13-4-3-11(6-14(13)17)16(18,19)20/h3-6,12H,7-8H2,1-2H3/t12-/m1/s1. The summed E-state index contributed by atoms with van der Waals surface area (Å²) in [7, 11) is 0. The maximum absolute atomic E-state index is 12.7. The highest BCUT2D eigenvalue weighted by molar-refractivity contribution is 6.34. The molecule has 0 N–H and O–H groups in total. The van der Waals surface area contributed by atoms with Gasteiger partial charge >= 0.3 is 6.18 Å². The molecular weight excluding hydrogens is 343 g/mol. The Morgan fingerprint density at radius 3 is 2.62 bits per heavy atom. The molecule has 1 aromatic carbocycles. The third kappa shape index (κ3) is 3.40. The maximum atomic E-state index is 12.7. The monoisotopic (exact) mass is 357 g/mol. The summed E-state index contributed by atoms with van der Waals surface area (Å²) in [6.45, 7) is 4.37. The Labute approximate surface area is 141 Å². The number of aromatic nitrogens is 2. The minimum atomic E-state index is -4.42. The maximum Gasteiger partial charge on any atom is 0.416 e. The Morgan fingerprint density at radius 2 is 2.04 bits per heavy atom. The molecule has 24 heavy (non-hydrogen) atoms. The molecule has 0 fully saturated rings. The van der Waals surface area contributed by atoms with Crippen LogP contribution in [0.15, 0.2) is 29.4 Å². The fraction of sp³-hybridized carbons (Fsp3) is 0.375. The molecule has 0 spiro atoms. The van der Waals surface area contributed by atoms with Crippen molar-refractivity contribution in [3.63, 3.8) is 0 Å². The molecule has 0 unspecified atom stereocenters. The number of halogens is 4. The quantitative estimate of drug-likeness (QED) is 0.818. The van der Waals surface area contributed by atoms with Crippen LogP contribution >= 0.6 is 11.6 Å². The van der Waals surface area contributed by atoms with E-state index < -0.39 is 11.7 Å². The molecule has 2 heterocycles. The lowest BCUT2D eigenvalue weighted by Gasteiger charge is -2.11. The van der Waals surface area contributed by atoms with E-state index in [2.05, 4.69) is 10.3 Å². The number of alkyl halides is 3. The average molecular weight is 358 g/mol. The van der Waals surface area contributed by atoms with E-state index >= 15 is 0 Å². The van der Waals surface area contributed by atoms with Gasteiger partial charge in [0.25, 0.3) is 0 Å². The van der Waals surface area contributed by atoms with Crippen LogP contribution in [-0.4, -0.2) is 21.6 Å². The van der Waals surface area contributed by atoms with Crippen molar-refractivity contribution in [3.8, 4) is 0 Å². The summed E-state index contributed by atoms with van der Waals surface area (Å²) in [5, 5.41) is 8.36. The second-order valence-corrected chi connectivity index (χ2v) is 6.18. The third-order valence-corrected chi connectivity index (χ3v) is 4.13. The van der Waals surface area contributed by atoms with Gasteiger partial charge in [-0.3, -0.25) is 4.68 Å². The van der Waals surface area contributed by atoms with Crippen LogP contribution in [0.1, 0.15) is 28.9 Å². The normalized spacial score (nSPS) is 17.8. The first-order valence-electron chi connectivity index (χ1n) is 7.35. The molecule has 0 bridgehead atoms. The zero-order chi connectivity index (χ0) is 17.5. The zero-order valence-corrected chi connectivity index (χ0v) is 13.8. The fourth-order valence-corrected chi connectivity index (χ4v) is 2.95. The minimum Gasteiger partial charge on any atom is -0.390 e. The van der Waals surface area contributed by atoms with Gasteiger partial charge in [0.2, 0.25) is 0 Å². The Balaban J connectivity index is 1.72. The Morgan fingerprint density at radius 1 is 1.29 bits per heavy atom. The number of oxime groups is 1. The smallest absolute Gasteiger partial charge is 0.390 e. The predicted molar refractivity (Wildman–Crippen MR) is 84.2 cm³/mol. The van der Waals surface area contributed by atoms with Crippen LogP contribution < -0.4 is 0 Å². The number of hydrogen-bond acceptors (Lipinski definition) is 3. The van der Waals surface area contributed by atoms with Crippen molar-refractivity contribution in [1.82, 2.24) is 9.78 Å². The van der Waals surface area contributed by atoms with Crippen molar-refractivity contribution in [2.75, 3.05) is 0 Å². The molecule has 1 aromatic heterocycles. The van der Waals surface area contributed by atoms with Crippen molar-refractivity contribution >= 4 is 17.3 Å². The number of nitrogens with zero attached hydrogens (tertiary/aromatic N) is 3. The van der Waals surface area contributed by atoms with Gasteiger partial charge in [-0.05, 0) is 32.0 Å². The fourth-order valence-electron chi connectivity index (χ4n) is 2.66. The zero-order valence-electron chi connectivity index (χ0n) is 13.1. The lowest BCUT2D eigenvalue weighted by molar-refractivity contribution is -0.137. The van der Waals surface area contributed by atoms with Crippen molar-refractivity contribution < 1.29 is 18.0 Å². The van der Waals surface area contributed by atoms with Gasteiger partial charge in [-0.15, -0.1) is 0 Å². The number of aryl methyl sites for hydroxylation is 2. The van der Waals surface area contributed by atoms with Crippen LogP contribution in [0.4, 0.5) is 13.2 Å². The lowest BCUT2D eigenvalue weighted by atomic mass is 10.0. The molecular formula is C16H15ClF3N3O. The van der Waals surface area contributed by atoms with E-state index in [4.69, 9.17) is 16.4 Å². The van der Waals surface area contributed by atoms with E-state index in [1.807, 2.05) is 24.6 Å². The van der Waals surface area contributed by atoms with E-state index in [1.165, 1.54) is 6.07 Å². The molecule has 0 radical (unpaired) electrons. The van der Waals surface area contributed by atoms with Crippen LogP contribution in [-0.2, 0) is 17.6 Å². The summed E-state index contributed by atoms with van der Waals surface area (Å²) in [5.41, 5.74) is 2.14. The number of benzene rings is 1. The molecule has 128 valence electrons. The van der Waals surface area contributed by atoms with Gasteiger partial charge in [-0.25, -0.2) is 0 Å². The Bertz CT molecular complexity index is 798. The number of rotatable bonds is 3. The van der Waals surface area contributed by atoms with E-state index in [-0.39, 0.29) is 11.1 Å². The van der Waals surface area contributed by atoms with Gasteiger partial charge < -0.3 is 4.84 Å². The van der Waals surface area contributed by atoms with Crippen LogP contribution in [0.5, 0.6) is 0 Å². The molecule has 0 saturated carbocycles. The van der Waals surface area contributed by atoms with Crippen molar-refractivity contribution in [2.24, 2.45) is 5.16 Å². The van der Waals surface area contributed by atoms with Gasteiger partial charge in [-0.1, -0.05) is 22.8 Å². The van der Waals surface area contributed by atoms with Gasteiger partial charge in [0.15, 0.2) is 6.10 Å². The van der Waals surface area contributed by atoms with E-state index in [1.54, 1.807) is 0 Å². The minimum absolute atomic E-state index is 0.0129. The summed E-state index contributed by atoms with van der Waals surface area (Å²) >= 11 is 6.00. The average Bonchev–Trinajstić information content (AvgIpc) is 3.05. The summed E-state index contributed by atoms with van der Waals surface area (Å²) in [5.74, 6) is 0. The first kappa shape index (κ1) is 16.8. The van der Waals surface area contributed by atoms with Crippen molar-refractivity contribution in [1.29, 1.82) is 0 Å². The molecule has 0 saturated heterocycles. The van der Waals surface area contributed by atoms with Gasteiger partial charge in [-0.2, -0.15) is 18.3 Å².